The second-order valence-electron chi connectivity index (χ2n) is 4.21. The van der Waals surface area contributed by atoms with Gasteiger partial charge in [0.2, 0.25) is 0 Å². The molecule has 0 aromatic heterocycles. The van der Waals surface area contributed by atoms with Crippen LogP contribution in [0.15, 0.2) is 42.5 Å². The Hall–Kier alpha value is -2.47. The van der Waals surface area contributed by atoms with Crippen molar-refractivity contribution in [3.8, 4) is 6.07 Å². The van der Waals surface area contributed by atoms with E-state index in [0.717, 1.165) is 17.8 Å². The lowest BCUT2D eigenvalue weighted by Crippen LogP contribution is -2.02. The summed E-state index contributed by atoms with van der Waals surface area (Å²) in [5.41, 5.74) is 9.99. The number of hydrogen-bond donors (Lipinski definition) is 2. The lowest BCUT2D eigenvalue weighted by atomic mass is 10.1. The molecule has 2 aromatic carbocycles. The summed E-state index contributed by atoms with van der Waals surface area (Å²) < 4.78 is 0. The number of nitrogens with one attached hydrogen (secondary N) is 1. The molecule has 0 unspecified atom stereocenters. The molecule has 0 aliphatic heterocycles. The molecule has 0 atom stereocenters. The summed E-state index contributed by atoms with van der Waals surface area (Å²) in [5.74, 6) is 0. The summed E-state index contributed by atoms with van der Waals surface area (Å²) in [6.45, 7) is 2.71. The van der Waals surface area contributed by atoms with Gasteiger partial charge in [0, 0.05) is 17.9 Å². The minimum absolute atomic E-state index is 0.510. The van der Waals surface area contributed by atoms with Crippen LogP contribution in [0.3, 0.4) is 0 Å². The summed E-state index contributed by atoms with van der Waals surface area (Å²) >= 11 is 0. The van der Waals surface area contributed by atoms with Crippen LogP contribution in [-0.4, -0.2) is 0 Å². The smallest absolute Gasteiger partial charge is 0.101 e. The first-order valence-electron chi connectivity index (χ1n) is 5.78. The Kier molecular flexibility index (Phi) is 3.49. The van der Waals surface area contributed by atoms with Gasteiger partial charge >= 0.3 is 0 Å². The van der Waals surface area contributed by atoms with Gasteiger partial charge in [-0.15, -0.1) is 0 Å². The minimum Gasteiger partial charge on any atom is -0.398 e. The van der Waals surface area contributed by atoms with E-state index in [0.29, 0.717) is 11.3 Å². The summed E-state index contributed by atoms with van der Waals surface area (Å²) in [7, 11) is 0. The molecule has 3 nitrogen and oxygen atoms in total. The number of rotatable bonds is 3. The van der Waals surface area contributed by atoms with Crippen LogP contribution in [0.25, 0.3) is 0 Å². The van der Waals surface area contributed by atoms with Gasteiger partial charge in [0.1, 0.15) is 6.07 Å². The van der Waals surface area contributed by atoms with Crippen LogP contribution in [0, 0.1) is 18.3 Å². The summed E-state index contributed by atoms with van der Waals surface area (Å²) in [4.78, 5) is 0. The van der Waals surface area contributed by atoms with Gasteiger partial charge in [-0.1, -0.05) is 30.3 Å². The monoisotopic (exact) mass is 237 g/mol. The highest BCUT2D eigenvalue weighted by Gasteiger charge is 2.04. The van der Waals surface area contributed by atoms with Crippen LogP contribution in [0.4, 0.5) is 11.4 Å². The van der Waals surface area contributed by atoms with Crippen LogP contribution in [-0.2, 0) is 6.54 Å². The fourth-order valence-corrected chi connectivity index (χ4v) is 1.81. The number of anilines is 2. The topological polar surface area (TPSA) is 61.8 Å². The number of nitrogen functional groups attached to an aromatic ring is 1. The molecule has 0 aliphatic rings. The van der Waals surface area contributed by atoms with Crippen LogP contribution in [0.2, 0.25) is 0 Å². The second-order valence-corrected chi connectivity index (χ2v) is 4.21. The standard InChI is InChI=1S/C15H15N3/c1-11-7-14(17)13(9-16)8-15(11)18-10-12-5-3-2-4-6-12/h2-8,18H,10,17H2,1H3. The molecule has 0 saturated heterocycles. The molecule has 0 heterocycles. The Bertz CT molecular complexity index is 583. The van der Waals surface area contributed by atoms with Crippen LogP contribution in [0.1, 0.15) is 16.7 Å². The van der Waals surface area contributed by atoms with Crippen LogP contribution < -0.4 is 11.1 Å². The zero-order chi connectivity index (χ0) is 13.0. The van der Waals surface area contributed by atoms with Crippen molar-refractivity contribution >= 4 is 11.4 Å². The number of nitrogens with zero attached hydrogens (tertiary/aromatic N) is 1. The molecule has 0 saturated carbocycles. The van der Waals surface area contributed by atoms with E-state index in [1.807, 2.05) is 31.2 Å². The SMILES string of the molecule is Cc1cc(N)c(C#N)cc1NCc1ccccc1. The third kappa shape index (κ3) is 2.61. The molecule has 0 amide bonds. The Labute approximate surface area is 107 Å². The molecule has 18 heavy (non-hydrogen) atoms. The minimum atomic E-state index is 0.510. The van der Waals surface area contributed by atoms with Gasteiger partial charge in [-0.2, -0.15) is 5.26 Å². The highest BCUT2D eigenvalue weighted by atomic mass is 14.9. The molecule has 0 bridgehead atoms. The molecule has 2 aromatic rings. The Morgan fingerprint density at radius 3 is 2.61 bits per heavy atom. The maximum Gasteiger partial charge on any atom is 0.101 e. The van der Waals surface area contributed by atoms with Gasteiger partial charge in [0.25, 0.3) is 0 Å². The number of hydrogen-bond acceptors (Lipinski definition) is 3. The van der Waals surface area contributed by atoms with Crippen molar-refractivity contribution in [2.24, 2.45) is 0 Å². The average Bonchev–Trinajstić information content (AvgIpc) is 2.39. The maximum absolute atomic E-state index is 8.96. The molecule has 3 heteroatoms. The third-order valence-corrected chi connectivity index (χ3v) is 2.84. The van der Waals surface area contributed by atoms with Gasteiger partial charge in [0.15, 0.2) is 0 Å². The van der Waals surface area contributed by atoms with E-state index in [4.69, 9.17) is 11.0 Å². The number of benzene rings is 2. The summed E-state index contributed by atoms with van der Waals surface area (Å²) in [6, 6.07) is 15.8. The Balaban J connectivity index is 2.17. The average molecular weight is 237 g/mol. The Morgan fingerprint density at radius 2 is 1.94 bits per heavy atom. The predicted octanol–water partition coefficient (Wildman–Crippen LogP) is 3.06. The Morgan fingerprint density at radius 1 is 1.22 bits per heavy atom. The van der Waals surface area contributed by atoms with Gasteiger partial charge < -0.3 is 11.1 Å². The van der Waals surface area contributed by atoms with Gasteiger partial charge in [-0.3, -0.25) is 0 Å². The molecule has 0 fully saturated rings. The number of nitriles is 1. The first-order valence-corrected chi connectivity index (χ1v) is 5.78. The van der Waals surface area contributed by atoms with Crippen molar-refractivity contribution in [1.82, 2.24) is 0 Å². The number of aryl methyl sites for hydroxylation is 1. The van der Waals surface area contributed by atoms with Crippen LogP contribution in [0.5, 0.6) is 0 Å². The fraction of sp³-hybridized carbons (Fsp3) is 0.133. The second kappa shape index (κ2) is 5.24. The summed E-state index contributed by atoms with van der Waals surface area (Å²) in [6.07, 6.45) is 0. The molecule has 2 rings (SSSR count). The highest BCUT2D eigenvalue weighted by molar-refractivity contribution is 5.65. The fourth-order valence-electron chi connectivity index (χ4n) is 1.81. The van der Waals surface area contributed by atoms with E-state index in [1.54, 1.807) is 6.07 Å². The molecular formula is C15H15N3. The quantitative estimate of drug-likeness (QED) is 0.806. The van der Waals surface area contributed by atoms with Crippen molar-refractivity contribution in [1.29, 1.82) is 5.26 Å². The lowest BCUT2D eigenvalue weighted by Gasteiger charge is -2.11. The molecule has 0 spiro atoms. The van der Waals surface area contributed by atoms with E-state index >= 15 is 0 Å². The normalized spacial score (nSPS) is 9.78. The van der Waals surface area contributed by atoms with Gasteiger partial charge in [-0.05, 0) is 30.2 Å². The zero-order valence-electron chi connectivity index (χ0n) is 10.3. The largest absolute Gasteiger partial charge is 0.398 e. The van der Waals surface area contributed by atoms with Crippen molar-refractivity contribution < 1.29 is 0 Å². The highest BCUT2D eigenvalue weighted by Crippen LogP contribution is 2.22. The third-order valence-electron chi connectivity index (χ3n) is 2.84. The van der Waals surface area contributed by atoms with Crippen molar-refractivity contribution in [3.63, 3.8) is 0 Å². The molecular weight excluding hydrogens is 222 g/mol. The first-order chi connectivity index (χ1) is 8.70. The van der Waals surface area contributed by atoms with Gasteiger partial charge in [0.05, 0.1) is 5.56 Å². The van der Waals surface area contributed by atoms with Crippen molar-refractivity contribution in [3.05, 3.63) is 59.2 Å². The molecule has 0 aliphatic carbocycles. The summed E-state index contributed by atoms with van der Waals surface area (Å²) in [5, 5.41) is 12.3. The first kappa shape index (κ1) is 12.0. The number of nitrogens with two attached hydrogens (primary N) is 1. The van der Waals surface area contributed by atoms with E-state index in [9.17, 15) is 0 Å². The predicted molar refractivity (Wildman–Crippen MR) is 74.1 cm³/mol. The molecule has 0 radical (unpaired) electrons. The van der Waals surface area contributed by atoms with E-state index in [1.165, 1.54) is 5.56 Å². The molecule has 3 N–H and O–H groups in total. The van der Waals surface area contributed by atoms with Crippen molar-refractivity contribution in [2.45, 2.75) is 13.5 Å². The zero-order valence-corrected chi connectivity index (χ0v) is 10.3. The van der Waals surface area contributed by atoms with E-state index in [-0.39, 0.29) is 0 Å². The van der Waals surface area contributed by atoms with Gasteiger partial charge in [-0.25, -0.2) is 0 Å². The molecule has 90 valence electrons. The maximum atomic E-state index is 8.96. The van der Waals surface area contributed by atoms with Crippen molar-refractivity contribution in [2.75, 3.05) is 11.1 Å². The van der Waals surface area contributed by atoms with Crippen LogP contribution >= 0.6 is 0 Å². The van der Waals surface area contributed by atoms with E-state index < -0.39 is 0 Å². The van der Waals surface area contributed by atoms with E-state index in [2.05, 4.69) is 23.5 Å². The lowest BCUT2D eigenvalue weighted by molar-refractivity contribution is 1.14.